The van der Waals surface area contributed by atoms with E-state index in [1.807, 2.05) is 35.7 Å². The summed E-state index contributed by atoms with van der Waals surface area (Å²) < 4.78 is 10.8. The Kier molecular flexibility index (Phi) is 6.27. The molecular weight excluding hydrogens is 414 g/mol. The number of amides is 2. The second-order valence-electron chi connectivity index (χ2n) is 7.92. The maximum Gasteiger partial charge on any atom is 0.262 e. The number of rotatable bonds is 7. The minimum atomic E-state index is -0.267. The monoisotopic (exact) mass is 441 g/mol. The van der Waals surface area contributed by atoms with Crippen molar-refractivity contribution in [2.45, 2.75) is 31.7 Å². The summed E-state index contributed by atoms with van der Waals surface area (Å²) in [6.07, 6.45) is 3.51. The fourth-order valence-corrected chi connectivity index (χ4v) is 4.69. The van der Waals surface area contributed by atoms with Crippen LogP contribution in [0.15, 0.2) is 40.8 Å². The standard InChI is InChI=1S/C23H27N3O4S/c1-25(23(28)15-6-4-7-15)14-22(27)26-18(13-17(24-26)21-8-5-11-31-21)16-9-10-19(29-2)20(12-16)30-3/h5,8-12,15,18H,4,6-7,13-14H2,1-3H3. The predicted octanol–water partition coefficient (Wildman–Crippen LogP) is 3.70. The average molecular weight is 442 g/mol. The summed E-state index contributed by atoms with van der Waals surface area (Å²) in [5.41, 5.74) is 1.78. The Morgan fingerprint density at radius 3 is 2.58 bits per heavy atom. The summed E-state index contributed by atoms with van der Waals surface area (Å²) >= 11 is 1.60. The predicted molar refractivity (Wildman–Crippen MR) is 120 cm³/mol. The maximum absolute atomic E-state index is 13.2. The summed E-state index contributed by atoms with van der Waals surface area (Å²) in [5, 5.41) is 8.21. The van der Waals surface area contributed by atoms with Crippen LogP contribution in [-0.2, 0) is 9.59 Å². The van der Waals surface area contributed by atoms with Crippen LogP contribution < -0.4 is 9.47 Å². The van der Waals surface area contributed by atoms with E-state index in [0.29, 0.717) is 17.9 Å². The molecule has 2 heterocycles. The van der Waals surface area contributed by atoms with Gasteiger partial charge in [0.1, 0.15) is 6.54 Å². The van der Waals surface area contributed by atoms with Crippen LogP contribution in [0.4, 0.5) is 0 Å². The minimum absolute atomic E-state index is 0.0142. The largest absolute Gasteiger partial charge is 0.493 e. The van der Waals surface area contributed by atoms with Gasteiger partial charge < -0.3 is 14.4 Å². The number of methoxy groups -OCH3 is 2. The quantitative estimate of drug-likeness (QED) is 0.657. The van der Waals surface area contributed by atoms with Crippen molar-refractivity contribution in [3.05, 3.63) is 46.2 Å². The van der Waals surface area contributed by atoms with Gasteiger partial charge in [0, 0.05) is 19.4 Å². The number of thiophene rings is 1. The third kappa shape index (κ3) is 4.30. The average Bonchev–Trinajstić information content (AvgIpc) is 3.41. The number of nitrogens with zero attached hydrogens (tertiary/aromatic N) is 3. The molecule has 0 N–H and O–H groups in total. The number of carbonyl (C=O) groups excluding carboxylic acids is 2. The van der Waals surface area contributed by atoms with Gasteiger partial charge in [-0.05, 0) is 42.0 Å². The molecule has 2 aromatic rings. The SMILES string of the molecule is COc1ccc(C2CC(c3cccs3)=NN2C(=O)CN(C)C(=O)C2CCC2)cc1OC. The van der Waals surface area contributed by atoms with Crippen LogP contribution in [0.1, 0.15) is 42.2 Å². The fourth-order valence-electron chi connectivity index (χ4n) is 3.97. The van der Waals surface area contributed by atoms with E-state index >= 15 is 0 Å². The first-order valence-corrected chi connectivity index (χ1v) is 11.3. The van der Waals surface area contributed by atoms with Crippen LogP contribution in [-0.4, -0.2) is 55.2 Å². The first-order chi connectivity index (χ1) is 15.0. The molecule has 2 aliphatic rings. The number of ether oxygens (including phenoxy) is 2. The van der Waals surface area contributed by atoms with E-state index in [9.17, 15) is 9.59 Å². The first kappa shape index (κ1) is 21.4. The van der Waals surface area contributed by atoms with Crippen LogP contribution >= 0.6 is 11.3 Å². The molecular formula is C23H27N3O4S. The molecule has 1 aromatic heterocycles. The molecule has 1 saturated carbocycles. The Morgan fingerprint density at radius 1 is 1.19 bits per heavy atom. The molecule has 164 valence electrons. The molecule has 4 rings (SSSR count). The van der Waals surface area contributed by atoms with Crippen molar-refractivity contribution in [2.24, 2.45) is 11.0 Å². The molecule has 0 saturated heterocycles. The third-order valence-corrected chi connectivity index (χ3v) is 6.89. The number of hydrazone groups is 1. The van der Waals surface area contributed by atoms with E-state index in [0.717, 1.165) is 35.4 Å². The van der Waals surface area contributed by atoms with Crippen molar-refractivity contribution in [1.82, 2.24) is 9.91 Å². The Balaban J connectivity index is 1.59. The van der Waals surface area contributed by atoms with Crippen molar-refractivity contribution in [3.63, 3.8) is 0 Å². The highest BCUT2D eigenvalue weighted by Crippen LogP contribution is 2.38. The van der Waals surface area contributed by atoms with Gasteiger partial charge in [0.2, 0.25) is 5.91 Å². The lowest BCUT2D eigenvalue weighted by molar-refractivity contribution is -0.144. The van der Waals surface area contributed by atoms with Crippen LogP contribution in [0, 0.1) is 5.92 Å². The number of hydrogen-bond donors (Lipinski definition) is 0. The fraction of sp³-hybridized carbons (Fsp3) is 0.435. The molecule has 31 heavy (non-hydrogen) atoms. The van der Waals surface area contributed by atoms with Gasteiger partial charge in [-0.15, -0.1) is 11.3 Å². The lowest BCUT2D eigenvalue weighted by Crippen LogP contribution is -2.42. The van der Waals surface area contributed by atoms with E-state index in [2.05, 4.69) is 5.10 Å². The molecule has 1 aliphatic carbocycles. The summed E-state index contributed by atoms with van der Waals surface area (Å²) in [4.78, 5) is 28.3. The van der Waals surface area contributed by atoms with Gasteiger partial charge in [0.05, 0.1) is 30.9 Å². The van der Waals surface area contributed by atoms with Gasteiger partial charge in [-0.25, -0.2) is 5.01 Å². The van der Waals surface area contributed by atoms with E-state index in [4.69, 9.17) is 9.47 Å². The van der Waals surface area contributed by atoms with Crippen molar-refractivity contribution in [1.29, 1.82) is 0 Å². The zero-order valence-corrected chi connectivity index (χ0v) is 18.9. The zero-order valence-electron chi connectivity index (χ0n) is 18.0. The molecule has 1 aromatic carbocycles. The van der Waals surface area contributed by atoms with Crippen molar-refractivity contribution >= 4 is 28.9 Å². The van der Waals surface area contributed by atoms with Crippen molar-refractivity contribution in [2.75, 3.05) is 27.8 Å². The Hall–Kier alpha value is -2.87. The lowest BCUT2D eigenvalue weighted by Gasteiger charge is -2.30. The topological polar surface area (TPSA) is 71.4 Å². The molecule has 2 amide bonds. The summed E-state index contributed by atoms with van der Waals surface area (Å²) in [5.74, 6) is 1.15. The second kappa shape index (κ2) is 9.09. The number of carbonyl (C=O) groups is 2. The zero-order chi connectivity index (χ0) is 22.0. The van der Waals surface area contributed by atoms with E-state index in [-0.39, 0.29) is 30.3 Å². The summed E-state index contributed by atoms with van der Waals surface area (Å²) in [6, 6.07) is 9.38. The lowest BCUT2D eigenvalue weighted by atomic mass is 9.84. The Labute approximate surface area is 186 Å². The van der Waals surface area contributed by atoms with Gasteiger partial charge in [-0.1, -0.05) is 18.6 Å². The number of likely N-dealkylation sites (N-methyl/N-ethyl adjacent to an activating group) is 1. The van der Waals surface area contributed by atoms with E-state index in [1.165, 1.54) is 9.91 Å². The number of hydrogen-bond acceptors (Lipinski definition) is 6. The molecule has 1 atom stereocenters. The molecule has 0 radical (unpaired) electrons. The van der Waals surface area contributed by atoms with Gasteiger partial charge in [0.25, 0.3) is 5.91 Å². The highest BCUT2D eigenvalue weighted by molar-refractivity contribution is 7.12. The van der Waals surface area contributed by atoms with Crippen LogP contribution in [0.25, 0.3) is 0 Å². The summed E-state index contributed by atoms with van der Waals surface area (Å²) in [7, 11) is 4.88. The van der Waals surface area contributed by atoms with Gasteiger partial charge >= 0.3 is 0 Å². The van der Waals surface area contributed by atoms with Crippen LogP contribution in [0.2, 0.25) is 0 Å². The molecule has 8 heteroatoms. The maximum atomic E-state index is 13.2. The molecule has 1 fully saturated rings. The molecule has 0 bridgehead atoms. The molecule has 7 nitrogen and oxygen atoms in total. The second-order valence-corrected chi connectivity index (χ2v) is 8.87. The van der Waals surface area contributed by atoms with Gasteiger partial charge in [0.15, 0.2) is 11.5 Å². The van der Waals surface area contributed by atoms with E-state index < -0.39 is 0 Å². The van der Waals surface area contributed by atoms with Gasteiger partial charge in [-0.2, -0.15) is 5.10 Å². The minimum Gasteiger partial charge on any atom is -0.493 e. The van der Waals surface area contributed by atoms with Crippen molar-refractivity contribution in [3.8, 4) is 11.5 Å². The van der Waals surface area contributed by atoms with E-state index in [1.54, 1.807) is 32.6 Å². The Bertz CT molecular complexity index is 985. The highest BCUT2D eigenvalue weighted by Gasteiger charge is 2.36. The smallest absolute Gasteiger partial charge is 0.262 e. The summed E-state index contributed by atoms with van der Waals surface area (Å²) in [6.45, 7) is 0.0142. The Morgan fingerprint density at radius 2 is 1.97 bits per heavy atom. The first-order valence-electron chi connectivity index (χ1n) is 10.4. The molecule has 1 aliphatic heterocycles. The number of benzene rings is 1. The van der Waals surface area contributed by atoms with Crippen molar-refractivity contribution < 1.29 is 19.1 Å². The molecule has 0 spiro atoms. The third-order valence-electron chi connectivity index (χ3n) is 5.97. The highest BCUT2D eigenvalue weighted by atomic mass is 32.1. The van der Waals surface area contributed by atoms with Gasteiger partial charge in [-0.3, -0.25) is 9.59 Å². The molecule has 1 unspecified atom stereocenters. The van der Waals surface area contributed by atoms with Crippen LogP contribution in [0.3, 0.4) is 0 Å². The normalized spacial score (nSPS) is 18.4. The van der Waals surface area contributed by atoms with Crippen LogP contribution in [0.5, 0.6) is 11.5 Å².